The van der Waals surface area contributed by atoms with Gasteiger partial charge in [-0.3, -0.25) is 4.79 Å². The molecule has 0 N–H and O–H groups in total. The molecular formula is C14H17NO3. The van der Waals surface area contributed by atoms with E-state index in [9.17, 15) is 4.79 Å². The minimum atomic E-state index is -0.224. The van der Waals surface area contributed by atoms with Crippen molar-refractivity contribution in [1.82, 2.24) is 4.90 Å². The zero-order chi connectivity index (χ0) is 12.7. The molecule has 0 spiro atoms. The van der Waals surface area contributed by atoms with Crippen molar-refractivity contribution in [2.45, 2.75) is 25.6 Å². The largest absolute Gasteiger partial charge is 0.497 e. The lowest BCUT2D eigenvalue weighted by molar-refractivity contribution is -0.134. The second-order valence-electron chi connectivity index (χ2n) is 5.01. The van der Waals surface area contributed by atoms with Crippen LogP contribution in [0.4, 0.5) is 0 Å². The van der Waals surface area contributed by atoms with Gasteiger partial charge in [0.25, 0.3) is 0 Å². The minimum absolute atomic E-state index is 0.200. The van der Waals surface area contributed by atoms with Gasteiger partial charge in [0.1, 0.15) is 5.75 Å². The van der Waals surface area contributed by atoms with Gasteiger partial charge < -0.3 is 14.4 Å². The first kappa shape index (κ1) is 11.5. The molecule has 2 aliphatic rings. The highest BCUT2D eigenvalue weighted by molar-refractivity contribution is 5.80. The maximum Gasteiger partial charge on any atom is 0.225 e. The Balaban J connectivity index is 1.86. The molecule has 18 heavy (non-hydrogen) atoms. The SMILES string of the molecule is COc1ccc(C2OCC3C(C)CC(=O)N23)cc1. The standard InChI is InChI=1S/C14H17NO3/c1-9-7-13(16)15-12(9)8-18-14(15)10-3-5-11(17-2)6-4-10/h3-6,9,12,14H,7-8H2,1-2H3. The van der Waals surface area contributed by atoms with E-state index in [1.54, 1.807) is 7.11 Å². The van der Waals surface area contributed by atoms with Crippen LogP contribution in [0.3, 0.4) is 0 Å². The minimum Gasteiger partial charge on any atom is -0.497 e. The van der Waals surface area contributed by atoms with Crippen LogP contribution in [0.1, 0.15) is 25.1 Å². The van der Waals surface area contributed by atoms with Gasteiger partial charge in [0, 0.05) is 12.0 Å². The molecule has 3 rings (SSSR count). The highest BCUT2D eigenvalue weighted by Crippen LogP contribution is 2.40. The number of carbonyl (C=O) groups excluding carboxylic acids is 1. The molecule has 1 aromatic rings. The van der Waals surface area contributed by atoms with E-state index in [1.807, 2.05) is 29.2 Å². The number of fused-ring (bicyclic) bond motifs is 1. The topological polar surface area (TPSA) is 38.8 Å². The third kappa shape index (κ3) is 1.68. The summed E-state index contributed by atoms with van der Waals surface area (Å²) in [5, 5.41) is 0. The number of rotatable bonds is 2. The quantitative estimate of drug-likeness (QED) is 0.802. The first-order valence-electron chi connectivity index (χ1n) is 6.27. The summed E-state index contributed by atoms with van der Waals surface area (Å²) in [7, 11) is 1.64. The molecule has 4 heteroatoms. The summed E-state index contributed by atoms with van der Waals surface area (Å²) >= 11 is 0. The van der Waals surface area contributed by atoms with Gasteiger partial charge in [0.2, 0.25) is 5.91 Å². The predicted octanol–water partition coefficient (Wildman–Crippen LogP) is 1.96. The summed E-state index contributed by atoms with van der Waals surface area (Å²) in [6.07, 6.45) is 0.416. The lowest BCUT2D eigenvalue weighted by Crippen LogP contribution is -2.32. The number of ether oxygens (including phenoxy) is 2. The Hall–Kier alpha value is -1.55. The van der Waals surface area contributed by atoms with Crippen molar-refractivity contribution in [2.75, 3.05) is 13.7 Å². The van der Waals surface area contributed by atoms with Gasteiger partial charge in [-0.2, -0.15) is 0 Å². The smallest absolute Gasteiger partial charge is 0.225 e. The summed E-state index contributed by atoms with van der Waals surface area (Å²) in [5.74, 6) is 1.40. The molecule has 3 unspecified atom stereocenters. The van der Waals surface area contributed by atoms with Crippen molar-refractivity contribution in [3.63, 3.8) is 0 Å². The summed E-state index contributed by atoms with van der Waals surface area (Å²) in [6, 6.07) is 7.96. The van der Waals surface area contributed by atoms with Crippen molar-refractivity contribution >= 4 is 5.91 Å². The summed E-state index contributed by atoms with van der Waals surface area (Å²) in [5.41, 5.74) is 1.01. The summed E-state index contributed by atoms with van der Waals surface area (Å²) in [4.78, 5) is 13.9. The molecule has 1 amide bonds. The number of hydrogen-bond donors (Lipinski definition) is 0. The van der Waals surface area contributed by atoms with E-state index in [0.29, 0.717) is 18.9 Å². The third-order valence-corrected chi connectivity index (χ3v) is 3.88. The normalized spacial score (nSPS) is 30.7. The van der Waals surface area contributed by atoms with Crippen molar-refractivity contribution < 1.29 is 14.3 Å². The van der Waals surface area contributed by atoms with Crippen molar-refractivity contribution in [3.05, 3.63) is 29.8 Å². The second-order valence-corrected chi connectivity index (χ2v) is 5.01. The molecule has 0 aromatic heterocycles. The highest BCUT2D eigenvalue weighted by atomic mass is 16.5. The van der Waals surface area contributed by atoms with Crippen LogP contribution in [-0.4, -0.2) is 30.6 Å². The molecule has 2 saturated heterocycles. The van der Waals surface area contributed by atoms with E-state index in [2.05, 4.69) is 6.92 Å². The van der Waals surface area contributed by atoms with E-state index in [4.69, 9.17) is 9.47 Å². The zero-order valence-electron chi connectivity index (χ0n) is 10.6. The molecule has 1 aromatic carbocycles. The number of nitrogens with zero attached hydrogens (tertiary/aromatic N) is 1. The van der Waals surface area contributed by atoms with Crippen molar-refractivity contribution in [1.29, 1.82) is 0 Å². The molecular weight excluding hydrogens is 230 g/mol. The van der Waals surface area contributed by atoms with Gasteiger partial charge in [-0.1, -0.05) is 19.1 Å². The second kappa shape index (κ2) is 4.28. The van der Waals surface area contributed by atoms with Gasteiger partial charge in [-0.05, 0) is 18.1 Å². The monoisotopic (exact) mass is 247 g/mol. The first-order chi connectivity index (χ1) is 8.70. The maximum absolute atomic E-state index is 12.0. The van der Waals surface area contributed by atoms with Crippen molar-refractivity contribution in [3.8, 4) is 5.75 Å². The molecule has 2 aliphatic heterocycles. The molecule has 3 atom stereocenters. The lowest BCUT2D eigenvalue weighted by atomic mass is 10.0. The Kier molecular flexibility index (Phi) is 2.74. The molecule has 2 fully saturated rings. The average Bonchev–Trinajstić information content (AvgIpc) is 2.93. The van der Waals surface area contributed by atoms with Crippen LogP contribution < -0.4 is 4.74 Å². The van der Waals surface area contributed by atoms with Crippen LogP contribution in [0.15, 0.2) is 24.3 Å². The van der Waals surface area contributed by atoms with Gasteiger partial charge >= 0.3 is 0 Å². The Morgan fingerprint density at radius 1 is 1.33 bits per heavy atom. The Bertz CT molecular complexity index is 457. The van der Waals surface area contributed by atoms with E-state index in [-0.39, 0.29) is 18.2 Å². The number of methoxy groups -OCH3 is 1. The van der Waals surface area contributed by atoms with Gasteiger partial charge in [0.05, 0.1) is 19.8 Å². The molecule has 0 saturated carbocycles. The number of benzene rings is 1. The Labute approximate surface area is 106 Å². The lowest BCUT2D eigenvalue weighted by Gasteiger charge is -2.23. The molecule has 0 radical (unpaired) electrons. The van der Waals surface area contributed by atoms with Crippen LogP contribution in [0, 0.1) is 5.92 Å². The Morgan fingerprint density at radius 2 is 2.06 bits per heavy atom. The summed E-state index contributed by atoms with van der Waals surface area (Å²) in [6.45, 7) is 2.76. The van der Waals surface area contributed by atoms with Crippen LogP contribution in [0.2, 0.25) is 0 Å². The number of amides is 1. The number of hydrogen-bond acceptors (Lipinski definition) is 3. The van der Waals surface area contributed by atoms with Crippen LogP contribution in [-0.2, 0) is 9.53 Å². The molecule has 96 valence electrons. The first-order valence-corrected chi connectivity index (χ1v) is 6.27. The average molecular weight is 247 g/mol. The van der Waals surface area contributed by atoms with Gasteiger partial charge in [-0.25, -0.2) is 0 Å². The summed E-state index contributed by atoms with van der Waals surface area (Å²) < 4.78 is 10.9. The third-order valence-electron chi connectivity index (χ3n) is 3.88. The fraction of sp³-hybridized carbons (Fsp3) is 0.500. The predicted molar refractivity (Wildman–Crippen MR) is 66.1 cm³/mol. The van der Waals surface area contributed by atoms with Crippen LogP contribution in [0.25, 0.3) is 0 Å². The van der Waals surface area contributed by atoms with E-state index >= 15 is 0 Å². The van der Waals surface area contributed by atoms with Crippen LogP contribution in [0.5, 0.6) is 5.75 Å². The molecule has 0 bridgehead atoms. The maximum atomic E-state index is 12.0. The molecule has 4 nitrogen and oxygen atoms in total. The van der Waals surface area contributed by atoms with Crippen LogP contribution >= 0.6 is 0 Å². The molecule has 0 aliphatic carbocycles. The van der Waals surface area contributed by atoms with Gasteiger partial charge in [-0.15, -0.1) is 0 Å². The number of carbonyl (C=O) groups is 1. The van der Waals surface area contributed by atoms with Gasteiger partial charge in [0.15, 0.2) is 6.23 Å². The van der Waals surface area contributed by atoms with E-state index in [0.717, 1.165) is 11.3 Å². The Morgan fingerprint density at radius 3 is 2.72 bits per heavy atom. The fourth-order valence-electron chi connectivity index (χ4n) is 2.82. The molecule has 2 heterocycles. The fourth-order valence-corrected chi connectivity index (χ4v) is 2.82. The van der Waals surface area contributed by atoms with E-state index < -0.39 is 0 Å². The zero-order valence-corrected chi connectivity index (χ0v) is 10.6. The van der Waals surface area contributed by atoms with Crippen molar-refractivity contribution in [2.24, 2.45) is 5.92 Å². The highest BCUT2D eigenvalue weighted by Gasteiger charge is 2.46. The van der Waals surface area contributed by atoms with E-state index in [1.165, 1.54) is 0 Å².